The molecule has 2 saturated carbocycles. The lowest BCUT2D eigenvalue weighted by molar-refractivity contribution is -0.138. The molecule has 18 nitrogen and oxygen atoms in total. The number of hydrogen-bond acceptors (Lipinski definition) is 12. The second-order valence-electron chi connectivity index (χ2n) is 18.2. The van der Waals surface area contributed by atoms with Gasteiger partial charge in [0.1, 0.15) is 23.7 Å². The Kier molecular flexibility index (Phi) is 10.4. The molecule has 2 aromatic carbocycles. The molecule has 4 aliphatic heterocycles. The Bertz CT molecular complexity index is 2620. The number of imidazole rings is 2. The van der Waals surface area contributed by atoms with Gasteiger partial charge in [0.25, 0.3) is 0 Å². The fraction of sp³-hybridized carbons (Fsp3) is 0.522. The molecular weight excluding hydrogens is 821 g/mol. The lowest BCUT2D eigenvalue weighted by Crippen LogP contribution is -2.54. The zero-order valence-electron chi connectivity index (χ0n) is 35.8. The second-order valence-corrected chi connectivity index (χ2v) is 18.2. The van der Waals surface area contributed by atoms with E-state index in [9.17, 15) is 19.2 Å². The summed E-state index contributed by atoms with van der Waals surface area (Å²) in [6, 6.07) is 10.3. The summed E-state index contributed by atoms with van der Waals surface area (Å²) in [6.45, 7) is 2.22. The molecule has 0 bridgehead atoms. The van der Waals surface area contributed by atoms with Crippen molar-refractivity contribution >= 4 is 46.1 Å². The van der Waals surface area contributed by atoms with Crippen LogP contribution >= 0.6 is 0 Å². The van der Waals surface area contributed by atoms with Crippen LogP contribution in [0.2, 0.25) is 0 Å². The van der Waals surface area contributed by atoms with E-state index in [1.807, 2.05) is 46.2 Å². The van der Waals surface area contributed by atoms with Gasteiger partial charge < -0.3 is 49.3 Å². The quantitative estimate of drug-likeness (QED) is 0.143. The lowest BCUT2D eigenvalue weighted by atomic mass is 9.90. The summed E-state index contributed by atoms with van der Waals surface area (Å²) in [5.41, 5.74) is 6.36. The highest BCUT2D eigenvalue weighted by molar-refractivity contribution is 5.89. The SMILES string of the molecule is COC(=O)N[C@H](C(=O)N1[C@@H]2C[C@@H]2C[C@H]1c1ncc(-c2ccc3nc(-c4ccc5nc([C@@H]6C[C@H]7C[C@H]7N6C(=O)[C@@H](NC(=O)OC)C6CCOCC6)[nH]c5c4)cnc3c2)[nH]1)C1CCOCC1. The van der Waals surface area contributed by atoms with Crippen LogP contribution in [0.3, 0.4) is 0 Å². The predicted octanol–water partition coefficient (Wildman–Crippen LogP) is 5.19. The molecule has 2 aliphatic carbocycles. The van der Waals surface area contributed by atoms with Crippen molar-refractivity contribution in [3.63, 3.8) is 0 Å². The van der Waals surface area contributed by atoms with Gasteiger partial charge in [0.05, 0.1) is 72.2 Å². The van der Waals surface area contributed by atoms with Crippen LogP contribution in [0.1, 0.15) is 75.1 Å². The monoisotopic (exact) mass is 872 g/mol. The Morgan fingerprint density at radius 1 is 0.656 bits per heavy atom. The molecule has 8 atom stereocenters. The summed E-state index contributed by atoms with van der Waals surface area (Å²) < 4.78 is 20.9. The molecule has 6 aliphatic rings. The van der Waals surface area contributed by atoms with E-state index < -0.39 is 24.3 Å². The smallest absolute Gasteiger partial charge is 0.407 e. The number of nitrogens with one attached hydrogen (secondary N) is 4. The topological polar surface area (TPSA) is 219 Å². The largest absolute Gasteiger partial charge is 0.453 e. The van der Waals surface area contributed by atoms with Crippen molar-refractivity contribution in [2.75, 3.05) is 40.6 Å². The van der Waals surface area contributed by atoms with Crippen molar-refractivity contribution in [1.82, 2.24) is 50.3 Å². The molecule has 18 heteroatoms. The van der Waals surface area contributed by atoms with Gasteiger partial charge in [0.15, 0.2) is 0 Å². The number of carbonyl (C=O) groups excluding carboxylic acids is 4. The second kappa shape index (κ2) is 16.4. The average Bonchev–Trinajstić information content (AvgIpc) is 3.95. The van der Waals surface area contributed by atoms with Gasteiger partial charge in [-0.25, -0.2) is 24.5 Å². The molecule has 4 N–H and O–H groups in total. The molecule has 64 heavy (non-hydrogen) atoms. The molecule has 7 heterocycles. The fourth-order valence-electron chi connectivity index (χ4n) is 10.9. The van der Waals surface area contributed by atoms with E-state index in [4.69, 9.17) is 38.9 Å². The maximum Gasteiger partial charge on any atom is 0.407 e. The molecule has 334 valence electrons. The lowest BCUT2D eigenvalue weighted by Gasteiger charge is -2.35. The Balaban J connectivity index is 0.804. The van der Waals surface area contributed by atoms with Gasteiger partial charge in [-0.05, 0) is 99.3 Å². The summed E-state index contributed by atoms with van der Waals surface area (Å²) in [4.78, 5) is 83.9. The van der Waals surface area contributed by atoms with Crippen molar-refractivity contribution in [3.05, 3.63) is 60.4 Å². The average molecular weight is 873 g/mol. The van der Waals surface area contributed by atoms with Crippen molar-refractivity contribution < 1.29 is 38.1 Å². The number of fused-ring (bicyclic) bond motifs is 4. The first-order chi connectivity index (χ1) is 31.2. The van der Waals surface area contributed by atoms with Gasteiger partial charge in [-0.1, -0.05) is 12.1 Å². The van der Waals surface area contributed by atoms with Crippen LogP contribution in [0.25, 0.3) is 44.6 Å². The molecule has 3 aromatic heterocycles. The van der Waals surface area contributed by atoms with Gasteiger partial charge in [0.2, 0.25) is 11.8 Å². The van der Waals surface area contributed by atoms with E-state index in [0.29, 0.717) is 69.6 Å². The number of nitrogens with zero attached hydrogens (tertiary/aromatic N) is 6. The molecule has 11 rings (SSSR count). The Morgan fingerprint density at radius 2 is 1.23 bits per heavy atom. The van der Waals surface area contributed by atoms with Gasteiger partial charge >= 0.3 is 12.2 Å². The van der Waals surface area contributed by atoms with Crippen molar-refractivity contribution in [2.24, 2.45) is 23.7 Å². The number of ether oxygens (including phenoxy) is 4. The number of methoxy groups -OCH3 is 2. The van der Waals surface area contributed by atoms with E-state index in [2.05, 4.69) is 20.6 Å². The van der Waals surface area contributed by atoms with Crippen molar-refractivity contribution in [3.8, 4) is 22.5 Å². The number of hydrogen-bond donors (Lipinski definition) is 4. The maximum atomic E-state index is 14.3. The zero-order chi connectivity index (χ0) is 43.6. The first-order valence-electron chi connectivity index (χ1n) is 22.6. The van der Waals surface area contributed by atoms with E-state index in [0.717, 1.165) is 76.2 Å². The minimum Gasteiger partial charge on any atom is -0.453 e. The maximum absolute atomic E-state index is 14.3. The number of alkyl carbamates (subject to hydrolysis) is 2. The highest BCUT2D eigenvalue weighted by Crippen LogP contribution is 2.55. The van der Waals surface area contributed by atoms with Crippen LogP contribution in [-0.2, 0) is 28.5 Å². The molecule has 4 saturated heterocycles. The number of aromatic nitrogens is 6. The molecule has 5 aromatic rings. The number of likely N-dealkylation sites (tertiary alicyclic amines) is 2. The molecule has 0 unspecified atom stereocenters. The van der Waals surface area contributed by atoms with E-state index in [1.165, 1.54) is 14.2 Å². The van der Waals surface area contributed by atoms with Gasteiger partial charge in [-0.15, -0.1) is 0 Å². The minimum absolute atomic E-state index is 0.0377. The number of amides is 4. The number of H-pyrrole nitrogens is 2. The molecule has 4 amide bonds. The summed E-state index contributed by atoms with van der Waals surface area (Å²) in [7, 11) is 2.63. The van der Waals surface area contributed by atoms with Crippen LogP contribution in [0.4, 0.5) is 9.59 Å². The van der Waals surface area contributed by atoms with Gasteiger partial charge in [0, 0.05) is 49.6 Å². The van der Waals surface area contributed by atoms with Gasteiger partial charge in [-0.3, -0.25) is 14.6 Å². The Morgan fingerprint density at radius 3 is 1.84 bits per heavy atom. The third kappa shape index (κ3) is 7.49. The fourth-order valence-corrected chi connectivity index (χ4v) is 10.9. The van der Waals surface area contributed by atoms with Crippen molar-refractivity contribution in [2.45, 2.75) is 87.6 Å². The summed E-state index contributed by atoms with van der Waals surface area (Å²) in [6.07, 6.45) is 8.63. The zero-order valence-corrected chi connectivity index (χ0v) is 35.8. The van der Waals surface area contributed by atoms with Crippen molar-refractivity contribution in [1.29, 1.82) is 0 Å². The predicted molar refractivity (Wildman–Crippen MR) is 230 cm³/mol. The molecular formula is C46H52N10O8. The molecule has 0 spiro atoms. The van der Waals surface area contributed by atoms with Crippen LogP contribution in [0.5, 0.6) is 0 Å². The molecule has 6 fully saturated rings. The van der Waals surface area contributed by atoms with E-state index >= 15 is 0 Å². The summed E-state index contributed by atoms with van der Waals surface area (Å²) in [5, 5.41) is 5.70. The third-order valence-electron chi connectivity index (χ3n) is 14.5. The van der Waals surface area contributed by atoms with E-state index in [1.54, 1.807) is 12.4 Å². The molecule has 0 radical (unpaired) electrons. The summed E-state index contributed by atoms with van der Waals surface area (Å²) in [5.74, 6) is 2.01. The highest BCUT2D eigenvalue weighted by Gasteiger charge is 2.58. The van der Waals surface area contributed by atoms with Crippen LogP contribution < -0.4 is 10.6 Å². The van der Waals surface area contributed by atoms with Gasteiger partial charge in [-0.2, -0.15) is 0 Å². The number of piperidine rings is 2. The minimum atomic E-state index is -0.695. The van der Waals surface area contributed by atoms with Crippen LogP contribution in [0.15, 0.2) is 48.8 Å². The highest BCUT2D eigenvalue weighted by atomic mass is 16.5. The van der Waals surface area contributed by atoms with Crippen LogP contribution in [0, 0.1) is 23.7 Å². The first kappa shape index (κ1) is 40.6. The number of rotatable bonds is 10. The third-order valence-corrected chi connectivity index (χ3v) is 14.5. The number of aromatic amines is 2. The number of carbonyl (C=O) groups is 4. The normalized spacial score (nSPS) is 26.3. The standard InChI is InChI=1S/C46H52N10O8/c1-61-45(59)53-39(23-7-11-63-12-8-23)43(57)55-35-17-27(35)19-37(55)41-48-22-34(52-41)25-3-5-29-31(15-25)47-21-33(49-29)26-4-6-30-32(16-26)51-42(50-30)38-20-28-18-36(28)56(38)44(58)40(54-46(60)62-2)24-9-13-64-14-10-24/h3-6,15-16,21-24,27-28,35-40H,7-14,17-20H2,1-2H3,(H,48,52)(H,50,51)(H,53,59)(H,54,60)/t27-,28-,35-,36-,37+,38+,39+,40+/m1/s1. The Labute approximate surface area is 368 Å². The Hall–Kier alpha value is -6.14. The summed E-state index contributed by atoms with van der Waals surface area (Å²) >= 11 is 0. The van der Waals surface area contributed by atoms with Crippen LogP contribution in [-0.4, -0.2) is 129 Å². The first-order valence-corrected chi connectivity index (χ1v) is 22.6. The van der Waals surface area contributed by atoms with E-state index in [-0.39, 0.29) is 47.8 Å². The number of benzene rings is 2.